The van der Waals surface area contributed by atoms with Crippen molar-refractivity contribution in [2.45, 2.75) is 45.4 Å². The molecule has 1 aromatic heterocycles. The van der Waals surface area contributed by atoms with E-state index in [9.17, 15) is 0 Å². The first-order valence-electron chi connectivity index (χ1n) is 8.42. The summed E-state index contributed by atoms with van der Waals surface area (Å²) in [6.07, 6.45) is 2.60. The third-order valence-electron chi connectivity index (χ3n) is 4.57. The molecule has 3 heterocycles. The Balaban J connectivity index is 1.58. The Hall–Kier alpha value is -1.53. The van der Waals surface area contributed by atoms with Crippen molar-refractivity contribution in [3.8, 4) is 0 Å². The fourth-order valence-electron chi connectivity index (χ4n) is 3.35. The van der Waals surface area contributed by atoms with Gasteiger partial charge >= 0.3 is 0 Å². The molecule has 2 unspecified atom stereocenters. The number of aryl methyl sites for hydroxylation is 2. The van der Waals surface area contributed by atoms with Crippen LogP contribution in [0.5, 0.6) is 0 Å². The Labute approximate surface area is 137 Å². The maximum Gasteiger partial charge on any atom is 0.194 e. The molecule has 6 heteroatoms. The number of aliphatic imine (C=N–C) groups is 1. The highest BCUT2D eigenvalue weighted by Crippen LogP contribution is 2.21. The number of furan rings is 1. The monoisotopic (exact) mass is 321 g/mol. The number of rotatable bonds is 3. The molecule has 3 rings (SSSR count). The van der Waals surface area contributed by atoms with Gasteiger partial charge in [-0.15, -0.1) is 0 Å². The van der Waals surface area contributed by atoms with E-state index in [0.29, 0.717) is 0 Å². The van der Waals surface area contributed by atoms with Gasteiger partial charge in [-0.05, 0) is 32.8 Å². The molecular weight excluding hydrogens is 294 g/mol. The van der Waals surface area contributed by atoms with Crippen LogP contribution in [0, 0.1) is 13.8 Å². The molecule has 0 saturated carbocycles. The van der Waals surface area contributed by atoms with Crippen LogP contribution in [-0.2, 0) is 16.0 Å². The van der Waals surface area contributed by atoms with Gasteiger partial charge in [0.15, 0.2) is 5.96 Å². The van der Waals surface area contributed by atoms with Crippen LogP contribution < -0.4 is 5.32 Å². The topological polar surface area (TPSA) is 59.2 Å². The Kier molecular flexibility index (Phi) is 5.23. The van der Waals surface area contributed by atoms with Crippen LogP contribution >= 0.6 is 0 Å². The molecule has 0 aliphatic carbocycles. The molecule has 2 aliphatic heterocycles. The first kappa shape index (κ1) is 16.3. The molecule has 0 spiro atoms. The SMILES string of the molecule is CN=C(NCc1cc(C)oc1C)N1CCOC(C2CCCO2)C1. The van der Waals surface area contributed by atoms with Gasteiger partial charge in [-0.1, -0.05) is 0 Å². The zero-order valence-corrected chi connectivity index (χ0v) is 14.3. The second-order valence-electron chi connectivity index (χ2n) is 6.25. The van der Waals surface area contributed by atoms with Crippen LogP contribution in [0.15, 0.2) is 15.5 Å². The first-order valence-corrected chi connectivity index (χ1v) is 8.42. The fourth-order valence-corrected chi connectivity index (χ4v) is 3.35. The van der Waals surface area contributed by atoms with E-state index in [1.54, 1.807) is 0 Å². The van der Waals surface area contributed by atoms with Crippen LogP contribution in [0.25, 0.3) is 0 Å². The summed E-state index contributed by atoms with van der Waals surface area (Å²) >= 11 is 0. The van der Waals surface area contributed by atoms with E-state index >= 15 is 0 Å². The lowest BCUT2D eigenvalue weighted by molar-refractivity contribution is -0.0817. The van der Waals surface area contributed by atoms with E-state index in [2.05, 4.69) is 21.3 Å². The minimum atomic E-state index is 0.141. The summed E-state index contributed by atoms with van der Waals surface area (Å²) in [7, 11) is 1.83. The number of nitrogens with zero attached hydrogens (tertiary/aromatic N) is 2. The summed E-state index contributed by atoms with van der Waals surface area (Å²) in [5.41, 5.74) is 1.17. The van der Waals surface area contributed by atoms with Gasteiger partial charge in [-0.2, -0.15) is 0 Å². The summed E-state index contributed by atoms with van der Waals surface area (Å²) in [6.45, 7) is 7.94. The molecule has 0 bridgehead atoms. The van der Waals surface area contributed by atoms with Gasteiger partial charge in [0.1, 0.15) is 17.6 Å². The Morgan fingerprint density at radius 1 is 1.30 bits per heavy atom. The molecule has 2 fully saturated rings. The van der Waals surface area contributed by atoms with Gasteiger partial charge in [-0.3, -0.25) is 4.99 Å². The van der Waals surface area contributed by atoms with Gasteiger partial charge in [0.25, 0.3) is 0 Å². The maximum absolute atomic E-state index is 5.91. The lowest BCUT2D eigenvalue weighted by atomic mass is 10.1. The molecule has 6 nitrogen and oxygen atoms in total. The molecule has 2 atom stereocenters. The molecule has 2 aliphatic rings. The highest BCUT2D eigenvalue weighted by Gasteiger charge is 2.32. The maximum atomic E-state index is 5.91. The quantitative estimate of drug-likeness (QED) is 0.680. The molecule has 0 radical (unpaired) electrons. The summed E-state index contributed by atoms with van der Waals surface area (Å²) in [5.74, 6) is 2.82. The Bertz CT molecular complexity index is 549. The van der Waals surface area contributed by atoms with E-state index < -0.39 is 0 Å². The third-order valence-corrected chi connectivity index (χ3v) is 4.57. The number of hydrogen-bond acceptors (Lipinski definition) is 4. The average molecular weight is 321 g/mol. The van der Waals surface area contributed by atoms with E-state index in [0.717, 1.165) is 63.2 Å². The largest absolute Gasteiger partial charge is 0.466 e. The van der Waals surface area contributed by atoms with Crippen LogP contribution in [0.3, 0.4) is 0 Å². The highest BCUT2D eigenvalue weighted by molar-refractivity contribution is 5.80. The number of nitrogens with one attached hydrogen (secondary N) is 1. The van der Waals surface area contributed by atoms with Gasteiger partial charge in [-0.25, -0.2) is 0 Å². The lowest BCUT2D eigenvalue weighted by Gasteiger charge is -2.37. The second kappa shape index (κ2) is 7.36. The molecule has 128 valence electrons. The lowest BCUT2D eigenvalue weighted by Crippen LogP contribution is -2.53. The van der Waals surface area contributed by atoms with Gasteiger partial charge in [0.2, 0.25) is 0 Å². The predicted octanol–water partition coefficient (Wildman–Crippen LogP) is 1.85. The van der Waals surface area contributed by atoms with E-state index in [-0.39, 0.29) is 12.2 Å². The minimum absolute atomic E-state index is 0.141. The van der Waals surface area contributed by atoms with E-state index in [1.807, 2.05) is 20.9 Å². The van der Waals surface area contributed by atoms with Crippen LogP contribution in [0.1, 0.15) is 29.9 Å². The molecule has 1 aromatic rings. The molecule has 2 saturated heterocycles. The average Bonchev–Trinajstić information content (AvgIpc) is 3.18. The molecule has 0 amide bonds. The number of morpholine rings is 1. The van der Waals surface area contributed by atoms with Crippen molar-refractivity contribution in [1.82, 2.24) is 10.2 Å². The van der Waals surface area contributed by atoms with Crippen molar-refractivity contribution < 1.29 is 13.9 Å². The number of ether oxygens (including phenoxy) is 2. The second-order valence-corrected chi connectivity index (χ2v) is 6.25. The fraction of sp³-hybridized carbons (Fsp3) is 0.706. The van der Waals surface area contributed by atoms with Crippen LogP contribution in [0.4, 0.5) is 0 Å². The standard InChI is InChI=1S/C17H27N3O3/c1-12-9-14(13(2)23-12)10-19-17(18-3)20-6-8-22-16(11-20)15-5-4-7-21-15/h9,15-16H,4-8,10-11H2,1-3H3,(H,18,19). The van der Waals surface area contributed by atoms with Crippen molar-refractivity contribution >= 4 is 5.96 Å². The van der Waals surface area contributed by atoms with Crippen molar-refractivity contribution in [2.75, 3.05) is 33.4 Å². The summed E-state index contributed by atoms with van der Waals surface area (Å²) in [6, 6.07) is 2.07. The predicted molar refractivity (Wildman–Crippen MR) is 88.7 cm³/mol. The van der Waals surface area contributed by atoms with Gasteiger partial charge in [0.05, 0.1) is 12.7 Å². The Morgan fingerprint density at radius 3 is 2.78 bits per heavy atom. The summed E-state index contributed by atoms with van der Waals surface area (Å²) in [5, 5.41) is 3.44. The summed E-state index contributed by atoms with van der Waals surface area (Å²) in [4.78, 5) is 6.69. The highest BCUT2D eigenvalue weighted by atomic mass is 16.5. The van der Waals surface area contributed by atoms with Crippen LogP contribution in [0.2, 0.25) is 0 Å². The first-order chi connectivity index (χ1) is 11.2. The zero-order valence-electron chi connectivity index (χ0n) is 14.3. The van der Waals surface area contributed by atoms with Gasteiger partial charge in [0, 0.05) is 38.9 Å². The van der Waals surface area contributed by atoms with E-state index in [4.69, 9.17) is 13.9 Å². The van der Waals surface area contributed by atoms with E-state index in [1.165, 1.54) is 5.56 Å². The Morgan fingerprint density at radius 2 is 2.13 bits per heavy atom. The smallest absolute Gasteiger partial charge is 0.194 e. The van der Waals surface area contributed by atoms with Crippen LogP contribution in [-0.4, -0.2) is 56.4 Å². The number of guanidine groups is 1. The molecule has 23 heavy (non-hydrogen) atoms. The van der Waals surface area contributed by atoms with Crippen molar-refractivity contribution in [3.63, 3.8) is 0 Å². The van der Waals surface area contributed by atoms with Crippen molar-refractivity contribution in [2.24, 2.45) is 4.99 Å². The van der Waals surface area contributed by atoms with Crippen molar-refractivity contribution in [3.05, 3.63) is 23.2 Å². The number of hydrogen-bond donors (Lipinski definition) is 1. The third kappa shape index (κ3) is 3.87. The minimum Gasteiger partial charge on any atom is -0.466 e. The molecular formula is C17H27N3O3. The normalized spacial score (nSPS) is 25.9. The molecule has 1 N–H and O–H groups in total. The summed E-state index contributed by atoms with van der Waals surface area (Å²) < 4.78 is 17.3. The van der Waals surface area contributed by atoms with Gasteiger partial charge < -0.3 is 24.1 Å². The zero-order chi connectivity index (χ0) is 16.2. The van der Waals surface area contributed by atoms with Crippen molar-refractivity contribution in [1.29, 1.82) is 0 Å². The molecule has 0 aromatic carbocycles.